The minimum atomic E-state index is -0.927. The minimum absolute atomic E-state index is 0.0540. The van der Waals surface area contributed by atoms with E-state index in [2.05, 4.69) is 20.8 Å². The molecular formula is C17H23NO3. The second kappa shape index (κ2) is 5.51. The fourth-order valence-electron chi connectivity index (χ4n) is 2.52. The Kier molecular flexibility index (Phi) is 4.08. The third-order valence-electron chi connectivity index (χ3n) is 4.45. The van der Waals surface area contributed by atoms with Gasteiger partial charge in [0.2, 0.25) is 5.91 Å². The van der Waals surface area contributed by atoms with Crippen LogP contribution in [0.2, 0.25) is 0 Å². The number of carbonyl (C=O) groups is 2. The van der Waals surface area contributed by atoms with Crippen molar-refractivity contribution in [3.05, 3.63) is 34.9 Å². The molecule has 1 heterocycles. The van der Waals surface area contributed by atoms with E-state index in [4.69, 9.17) is 5.11 Å². The summed E-state index contributed by atoms with van der Waals surface area (Å²) >= 11 is 0. The van der Waals surface area contributed by atoms with Crippen LogP contribution in [0, 0.1) is 11.3 Å². The predicted octanol–water partition coefficient (Wildman–Crippen LogP) is 2.95. The molecule has 1 aromatic rings. The molecule has 4 heteroatoms. The van der Waals surface area contributed by atoms with E-state index in [9.17, 15) is 9.59 Å². The van der Waals surface area contributed by atoms with Gasteiger partial charge in [0.25, 0.3) is 0 Å². The summed E-state index contributed by atoms with van der Waals surface area (Å²) in [6, 6.07) is 5.20. The Bertz CT molecular complexity index is 572. The summed E-state index contributed by atoms with van der Waals surface area (Å²) in [5.74, 6) is -0.833. The second-order valence-electron chi connectivity index (χ2n) is 6.89. The van der Waals surface area contributed by atoms with Gasteiger partial charge in [0, 0.05) is 19.0 Å². The fourth-order valence-corrected chi connectivity index (χ4v) is 2.52. The van der Waals surface area contributed by atoms with Crippen molar-refractivity contribution in [3.8, 4) is 0 Å². The predicted molar refractivity (Wildman–Crippen MR) is 81.1 cm³/mol. The summed E-state index contributed by atoms with van der Waals surface area (Å²) in [6.07, 6.45) is 0.790. The lowest BCUT2D eigenvalue weighted by molar-refractivity contribution is -0.139. The van der Waals surface area contributed by atoms with Gasteiger partial charge in [-0.1, -0.05) is 33.8 Å². The highest BCUT2D eigenvalue weighted by Crippen LogP contribution is 2.29. The van der Waals surface area contributed by atoms with Crippen molar-refractivity contribution in [2.24, 2.45) is 11.3 Å². The third kappa shape index (κ3) is 3.26. The fraction of sp³-hybridized carbons (Fsp3) is 0.529. The molecule has 0 aliphatic carbocycles. The van der Waals surface area contributed by atoms with Crippen LogP contribution in [0.4, 0.5) is 0 Å². The Morgan fingerprint density at radius 3 is 2.48 bits per heavy atom. The lowest BCUT2D eigenvalue weighted by atomic mass is 9.81. The first-order valence-corrected chi connectivity index (χ1v) is 7.34. The van der Waals surface area contributed by atoms with Crippen LogP contribution in [0.15, 0.2) is 18.2 Å². The van der Waals surface area contributed by atoms with E-state index in [1.54, 1.807) is 12.1 Å². The minimum Gasteiger partial charge on any atom is -0.478 e. The molecule has 0 radical (unpaired) electrons. The SMILES string of the molecule is CC(C(=O)N1CCc2ccc(C(=O)O)cc2C1)C(C)(C)C. The molecule has 0 aromatic heterocycles. The molecule has 1 aromatic carbocycles. The first-order valence-electron chi connectivity index (χ1n) is 7.34. The van der Waals surface area contributed by atoms with E-state index in [0.29, 0.717) is 13.1 Å². The number of nitrogens with zero attached hydrogens (tertiary/aromatic N) is 1. The van der Waals surface area contributed by atoms with Crippen LogP contribution in [0.3, 0.4) is 0 Å². The number of carbonyl (C=O) groups excluding carboxylic acids is 1. The Balaban J connectivity index is 2.20. The summed E-state index contributed by atoms with van der Waals surface area (Å²) in [7, 11) is 0. The number of aromatic carboxylic acids is 1. The lowest BCUT2D eigenvalue weighted by Gasteiger charge is -2.35. The number of rotatable bonds is 2. The van der Waals surface area contributed by atoms with Crippen LogP contribution in [-0.2, 0) is 17.8 Å². The van der Waals surface area contributed by atoms with E-state index >= 15 is 0 Å². The molecular weight excluding hydrogens is 266 g/mol. The molecule has 1 unspecified atom stereocenters. The van der Waals surface area contributed by atoms with Crippen molar-refractivity contribution in [1.82, 2.24) is 4.90 Å². The molecule has 4 nitrogen and oxygen atoms in total. The highest BCUT2D eigenvalue weighted by atomic mass is 16.4. The molecule has 2 rings (SSSR count). The molecule has 1 aliphatic heterocycles. The van der Waals surface area contributed by atoms with Crippen molar-refractivity contribution in [2.45, 2.75) is 40.7 Å². The third-order valence-corrected chi connectivity index (χ3v) is 4.45. The van der Waals surface area contributed by atoms with Crippen molar-refractivity contribution in [3.63, 3.8) is 0 Å². The molecule has 1 N–H and O–H groups in total. The Hall–Kier alpha value is -1.84. The molecule has 1 amide bonds. The number of fused-ring (bicyclic) bond motifs is 1. The quantitative estimate of drug-likeness (QED) is 0.910. The van der Waals surface area contributed by atoms with Gasteiger partial charge in [-0.05, 0) is 35.1 Å². The lowest BCUT2D eigenvalue weighted by Crippen LogP contribution is -2.42. The molecule has 0 bridgehead atoms. The van der Waals surface area contributed by atoms with Crippen molar-refractivity contribution in [2.75, 3.05) is 6.54 Å². The molecule has 114 valence electrons. The van der Waals surface area contributed by atoms with E-state index in [-0.39, 0.29) is 22.8 Å². The number of benzene rings is 1. The van der Waals surface area contributed by atoms with E-state index in [1.165, 1.54) is 0 Å². The van der Waals surface area contributed by atoms with Crippen LogP contribution in [0.25, 0.3) is 0 Å². The summed E-state index contributed by atoms with van der Waals surface area (Å²) in [6.45, 7) is 9.38. The van der Waals surface area contributed by atoms with Gasteiger partial charge in [0.05, 0.1) is 5.56 Å². The molecule has 1 aliphatic rings. The van der Waals surface area contributed by atoms with Crippen molar-refractivity contribution in [1.29, 1.82) is 0 Å². The average Bonchev–Trinajstić information content (AvgIpc) is 2.43. The van der Waals surface area contributed by atoms with Crippen LogP contribution in [0.1, 0.15) is 49.2 Å². The second-order valence-corrected chi connectivity index (χ2v) is 6.89. The van der Waals surface area contributed by atoms with Gasteiger partial charge < -0.3 is 10.0 Å². The van der Waals surface area contributed by atoms with Crippen molar-refractivity contribution >= 4 is 11.9 Å². The molecule has 0 saturated carbocycles. The number of hydrogen-bond acceptors (Lipinski definition) is 2. The van der Waals surface area contributed by atoms with Gasteiger partial charge >= 0.3 is 5.97 Å². The summed E-state index contributed by atoms with van der Waals surface area (Å²) < 4.78 is 0. The molecule has 0 saturated heterocycles. The molecule has 0 spiro atoms. The Morgan fingerprint density at radius 2 is 1.90 bits per heavy atom. The topological polar surface area (TPSA) is 57.6 Å². The zero-order valence-electron chi connectivity index (χ0n) is 13.1. The zero-order valence-corrected chi connectivity index (χ0v) is 13.1. The smallest absolute Gasteiger partial charge is 0.335 e. The Morgan fingerprint density at radius 1 is 1.24 bits per heavy atom. The van der Waals surface area contributed by atoms with Gasteiger partial charge in [0.1, 0.15) is 0 Å². The average molecular weight is 289 g/mol. The summed E-state index contributed by atoms with van der Waals surface area (Å²) in [5.41, 5.74) is 2.32. The normalized spacial score (nSPS) is 16.3. The number of carboxylic acids is 1. The van der Waals surface area contributed by atoms with E-state index in [1.807, 2.05) is 17.9 Å². The van der Waals surface area contributed by atoms with Gasteiger partial charge in [0.15, 0.2) is 0 Å². The number of hydrogen-bond donors (Lipinski definition) is 1. The first-order chi connectivity index (χ1) is 9.70. The van der Waals surface area contributed by atoms with E-state index < -0.39 is 5.97 Å². The Labute approximate surface area is 125 Å². The molecule has 0 fully saturated rings. The van der Waals surface area contributed by atoms with Crippen molar-refractivity contribution < 1.29 is 14.7 Å². The molecule has 21 heavy (non-hydrogen) atoms. The van der Waals surface area contributed by atoms with E-state index in [0.717, 1.165) is 17.5 Å². The van der Waals surface area contributed by atoms with Crippen LogP contribution < -0.4 is 0 Å². The number of amides is 1. The largest absolute Gasteiger partial charge is 0.478 e. The highest BCUT2D eigenvalue weighted by Gasteiger charge is 2.32. The van der Waals surface area contributed by atoms with Gasteiger partial charge in [-0.2, -0.15) is 0 Å². The summed E-state index contributed by atoms with van der Waals surface area (Å²) in [4.78, 5) is 25.5. The standard InChI is InChI=1S/C17H23NO3/c1-11(17(2,3)4)15(19)18-8-7-12-5-6-13(16(20)21)9-14(12)10-18/h5-6,9,11H,7-8,10H2,1-4H3,(H,20,21). The monoisotopic (exact) mass is 289 g/mol. The van der Waals surface area contributed by atoms with Crippen LogP contribution in [-0.4, -0.2) is 28.4 Å². The number of carboxylic acid groups (broad SMARTS) is 1. The van der Waals surface area contributed by atoms with Crippen LogP contribution >= 0.6 is 0 Å². The van der Waals surface area contributed by atoms with Crippen LogP contribution in [0.5, 0.6) is 0 Å². The molecule has 1 atom stereocenters. The van der Waals surface area contributed by atoms with Gasteiger partial charge in [-0.15, -0.1) is 0 Å². The zero-order chi connectivity index (χ0) is 15.8. The maximum atomic E-state index is 12.6. The first kappa shape index (κ1) is 15.5. The van der Waals surface area contributed by atoms with Gasteiger partial charge in [-0.3, -0.25) is 4.79 Å². The highest BCUT2D eigenvalue weighted by molar-refractivity contribution is 5.88. The maximum Gasteiger partial charge on any atom is 0.335 e. The summed E-state index contributed by atoms with van der Waals surface area (Å²) in [5, 5.41) is 9.08. The van der Waals surface area contributed by atoms with Gasteiger partial charge in [-0.25, -0.2) is 4.79 Å². The maximum absolute atomic E-state index is 12.6.